The second kappa shape index (κ2) is 11.6. The van der Waals surface area contributed by atoms with E-state index in [0.717, 1.165) is 5.56 Å². The monoisotopic (exact) mass is 465 g/mol. The van der Waals surface area contributed by atoms with E-state index in [-0.39, 0.29) is 24.3 Å². The molecule has 2 rings (SSSR count). The summed E-state index contributed by atoms with van der Waals surface area (Å²) in [7, 11) is 0. The SMILES string of the molecule is N[C@@H](Cc1ccc(Cl)cc1)C(=O)N[C@H](CS)C(=O)N[C@@H](Cc1ccc(O)cc1)C(=O)O. The highest BCUT2D eigenvalue weighted by molar-refractivity contribution is 7.80. The Balaban J connectivity index is 1.96. The number of phenols is 1. The molecule has 2 aromatic rings. The molecule has 0 radical (unpaired) electrons. The molecular formula is C21H24ClN3O5S. The Morgan fingerprint density at radius 2 is 1.42 bits per heavy atom. The number of phenolic OH excluding ortho intramolecular Hbond substituents is 1. The summed E-state index contributed by atoms with van der Waals surface area (Å²) >= 11 is 9.93. The molecule has 2 aromatic carbocycles. The largest absolute Gasteiger partial charge is 0.508 e. The number of halogens is 1. The van der Waals surface area contributed by atoms with Gasteiger partial charge in [-0.05, 0) is 41.8 Å². The number of nitrogens with one attached hydrogen (secondary N) is 2. The van der Waals surface area contributed by atoms with Gasteiger partial charge in [-0.2, -0.15) is 12.6 Å². The van der Waals surface area contributed by atoms with Crippen LogP contribution in [-0.4, -0.2) is 51.9 Å². The third-order valence-electron chi connectivity index (χ3n) is 4.51. The van der Waals surface area contributed by atoms with Gasteiger partial charge in [0.1, 0.15) is 17.8 Å². The Hall–Kier alpha value is -2.75. The summed E-state index contributed by atoms with van der Waals surface area (Å²) in [5, 5.41) is 24.3. The number of thiol groups is 1. The highest BCUT2D eigenvalue weighted by atomic mass is 35.5. The van der Waals surface area contributed by atoms with E-state index in [9.17, 15) is 24.6 Å². The molecule has 3 atom stereocenters. The number of nitrogens with two attached hydrogens (primary N) is 1. The fourth-order valence-electron chi connectivity index (χ4n) is 2.78. The first-order valence-electron chi connectivity index (χ1n) is 9.42. The molecule has 0 saturated carbocycles. The van der Waals surface area contributed by atoms with Crippen LogP contribution in [0.1, 0.15) is 11.1 Å². The van der Waals surface area contributed by atoms with Gasteiger partial charge in [0.05, 0.1) is 6.04 Å². The average Bonchev–Trinajstić information content (AvgIpc) is 2.74. The Morgan fingerprint density at radius 1 is 0.903 bits per heavy atom. The van der Waals surface area contributed by atoms with Gasteiger partial charge >= 0.3 is 5.97 Å². The zero-order valence-corrected chi connectivity index (χ0v) is 18.1. The normalized spacial score (nSPS) is 13.6. The zero-order chi connectivity index (χ0) is 23.0. The van der Waals surface area contributed by atoms with E-state index in [1.807, 2.05) is 0 Å². The van der Waals surface area contributed by atoms with Gasteiger partial charge in [-0.3, -0.25) is 9.59 Å². The van der Waals surface area contributed by atoms with E-state index in [1.54, 1.807) is 36.4 Å². The van der Waals surface area contributed by atoms with E-state index in [1.165, 1.54) is 12.1 Å². The maximum Gasteiger partial charge on any atom is 0.326 e. The smallest absolute Gasteiger partial charge is 0.326 e. The lowest BCUT2D eigenvalue weighted by Crippen LogP contribution is -2.55. The molecule has 0 fully saturated rings. The number of carbonyl (C=O) groups excluding carboxylic acids is 2. The lowest BCUT2D eigenvalue weighted by atomic mass is 10.0. The molecular weight excluding hydrogens is 442 g/mol. The number of benzene rings is 2. The minimum absolute atomic E-state index is 0.00463. The molecule has 0 aliphatic heterocycles. The summed E-state index contributed by atoms with van der Waals surface area (Å²) in [6.45, 7) is 0. The Kier molecular flexibility index (Phi) is 9.17. The molecule has 8 nitrogen and oxygen atoms in total. The lowest BCUT2D eigenvalue weighted by Gasteiger charge is -2.22. The Labute approximate surface area is 190 Å². The van der Waals surface area contributed by atoms with E-state index < -0.39 is 35.9 Å². The fraction of sp³-hybridized carbons (Fsp3) is 0.286. The van der Waals surface area contributed by atoms with Crippen molar-refractivity contribution in [1.82, 2.24) is 10.6 Å². The van der Waals surface area contributed by atoms with Crippen molar-refractivity contribution in [3.05, 3.63) is 64.7 Å². The third-order valence-corrected chi connectivity index (χ3v) is 5.13. The van der Waals surface area contributed by atoms with Gasteiger partial charge in [0.25, 0.3) is 0 Å². The predicted molar refractivity (Wildman–Crippen MR) is 120 cm³/mol. The first-order valence-corrected chi connectivity index (χ1v) is 10.4. The number of carboxylic acid groups (broad SMARTS) is 1. The molecule has 0 saturated heterocycles. The minimum atomic E-state index is -1.23. The fourth-order valence-corrected chi connectivity index (χ4v) is 3.16. The quantitative estimate of drug-likeness (QED) is 0.291. The summed E-state index contributed by atoms with van der Waals surface area (Å²) in [4.78, 5) is 36.5. The van der Waals surface area contributed by atoms with Crippen LogP contribution in [0.25, 0.3) is 0 Å². The molecule has 0 bridgehead atoms. The number of aromatic hydroxyl groups is 1. The summed E-state index contributed by atoms with van der Waals surface area (Å²) in [6, 6.07) is 9.64. The van der Waals surface area contributed by atoms with Crippen LogP contribution in [0.5, 0.6) is 5.75 Å². The minimum Gasteiger partial charge on any atom is -0.508 e. The van der Waals surface area contributed by atoms with Crippen LogP contribution < -0.4 is 16.4 Å². The molecule has 10 heteroatoms. The Morgan fingerprint density at radius 3 is 1.97 bits per heavy atom. The molecule has 31 heavy (non-hydrogen) atoms. The molecule has 166 valence electrons. The summed E-state index contributed by atoms with van der Waals surface area (Å²) < 4.78 is 0. The second-order valence-corrected chi connectivity index (χ2v) is 7.75. The third kappa shape index (κ3) is 7.78. The van der Waals surface area contributed by atoms with Gasteiger partial charge in [0, 0.05) is 17.2 Å². The van der Waals surface area contributed by atoms with Crippen molar-refractivity contribution in [3.63, 3.8) is 0 Å². The van der Waals surface area contributed by atoms with Crippen molar-refractivity contribution < 1.29 is 24.6 Å². The maximum atomic E-state index is 12.6. The first-order chi connectivity index (χ1) is 14.7. The molecule has 2 amide bonds. The highest BCUT2D eigenvalue weighted by Crippen LogP contribution is 2.12. The van der Waals surface area contributed by atoms with Crippen molar-refractivity contribution in [1.29, 1.82) is 0 Å². The lowest BCUT2D eigenvalue weighted by molar-refractivity contribution is -0.142. The van der Waals surface area contributed by atoms with Gasteiger partial charge in [-0.15, -0.1) is 0 Å². The molecule has 6 N–H and O–H groups in total. The van der Waals surface area contributed by atoms with E-state index in [2.05, 4.69) is 23.3 Å². The van der Waals surface area contributed by atoms with E-state index in [0.29, 0.717) is 10.6 Å². The topological polar surface area (TPSA) is 142 Å². The van der Waals surface area contributed by atoms with Crippen LogP contribution in [0.15, 0.2) is 48.5 Å². The van der Waals surface area contributed by atoms with E-state index >= 15 is 0 Å². The summed E-state index contributed by atoms with van der Waals surface area (Å²) in [6.07, 6.45) is 0.243. The van der Waals surface area contributed by atoms with Gasteiger partial charge in [0.2, 0.25) is 11.8 Å². The van der Waals surface area contributed by atoms with Crippen LogP contribution in [0, 0.1) is 0 Å². The van der Waals surface area contributed by atoms with Gasteiger partial charge in [-0.25, -0.2) is 4.79 Å². The number of rotatable bonds is 10. The maximum absolute atomic E-state index is 12.6. The number of hydrogen-bond donors (Lipinski definition) is 6. The van der Waals surface area contributed by atoms with Gasteiger partial charge in [0.15, 0.2) is 0 Å². The molecule has 0 unspecified atom stereocenters. The van der Waals surface area contributed by atoms with Gasteiger partial charge < -0.3 is 26.6 Å². The molecule has 0 spiro atoms. The molecule has 0 aliphatic rings. The molecule has 0 aromatic heterocycles. The van der Waals surface area contributed by atoms with Crippen LogP contribution in [0.4, 0.5) is 0 Å². The van der Waals surface area contributed by atoms with Gasteiger partial charge in [-0.1, -0.05) is 35.9 Å². The molecule has 0 aliphatic carbocycles. The molecule has 0 heterocycles. The van der Waals surface area contributed by atoms with Crippen molar-refractivity contribution in [2.45, 2.75) is 31.0 Å². The van der Waals surface area contributed by atoms with Crippen molar-refractivity contribution >= 4 is 42.0 Å². The zero-order valence-electron chi connectivity index (χ0n) is 16.5. The first kappa shape index (κ1) is 24.5. The number of carbonyl (C=O) groups is 3. The van der Waals surface area contributed by atoms with Crippen molar-refractivity contribution in [2.24, 2.45) is 5.73 Å². The number of carboxylic acids is 1. The number of aliphatic carboxylic acids is 1. The van der Waals surface area contributed by atoms with Crippen LogP contribution in [-0.2, 0) is 27.2 Å². The van der Waals surface area contributed by atoms with E-state index in [4.69, 9.17) is 17.3 Å². The average molecular weight is 466 g/mol. The predicted octanol–water partition coefficient (Wildman–Crippen LogP) is 1.14. The van der Waals surface area contributed by atoms with Crippen LogP contribution >= 0.6 is 24.2 Å². The Bertz CT molecular complexity index is 908. The highest BCUT2D eigenvalue weighted by Gasteiger charge is 2.27. The van der Waals surface area contributed by atoms with Crippen LogP contribution in [0.3, 0.4) is 0 Å². The number of amides is 2. The van der Waals surface area contributed by atoms with Crippen LogP contribution in [0.2, 0.25) is 5.02 Å². The summed E-state index contributed by atoms with van der Waals surface area (Å²) in [5.41, 5.74) is 7.36. The van der Waals surface area contributed by atoms with Crippen molar-refractivity contribution in [3.8, 4) is 5.75 Å². The number of hydrogen-bond acceptors (Lipinski definition) is 6. The standard InChI is InChI=1S/C21H24ClN3O5S/c22-14-5-1-12(2-6-14)9-16(23)19(27)25-18(11-31)20(28)24-17(21(29)30)10-13-3-7-15(26)8-4-13/h1-8,16-18,26,31H,9-11,23H2,(H,24,28)(H,25,27)(H,29,30)/t16-,17-,18+/m0/s1. The second-order valence-electron chi connectivity index (χ2n) is 6.95. The van der Waals surface area contributed by atoms with Crippen molar-refractivity contribution in [2.75, 3.05) is 5.75 Å². The summed E-state index contributed by atoms with van der Waals surface area (Å²) in [5.74, 6) is -2.48.